The van der Waals surface area contributed by atoms with Gasteiger partial charge in [0.2, 0.25) is 0 Å². The Bertz CT molecular complexity index is 11.6. The van der Waals surface area contributed by atoms with E-state index in [0.29, 0.717) is 0 Å². The Morgan fingerprint density at radius 2 is 1.00 bits per heavy atom. The van der Waals surface area contributed by atoms with Gasteiger partial charge in [0.25, 0.3) is 0 Å². The monoisotopic (exact) mass is 376 g/mol. The first kappa shape index (κ1) is 52.8. The predicted octanol–water partition coefficient (Wildman–Crippen LogP) is -1.19. The minimum absolute atomic E-state index is 0. The molecule has 0 aromatic carbocycles. The maximum atomic E-state index is 0. The first-order valence-electron chi connectivity index (χ1n) is 0. The number of rotatable bonds is 0. The molecule has 5 heteroatoms. The summed E-state index contributed by atoms with van der Waals surface area (Å²) in [5.74, 6) is 0. The van der Waals surface area contributed by atoms with Crippen LogP contribution in [-0.4, -0.2) is 8.41 Å². The molecule has 5 heavy (non-hydrogen) atoms. The first-order chi connectivity index (χ1) is 0. The molecule has 0 saturated heterocycles. The zero-order valence-corrected chi connectivity index (χ0v) is 9.78. The molecule has 0 bridgehead atoms. The molecule has 0 aliphatic carbocycles. The second-order valence-corrected chi connectivity index (χ2v) is 0. The summed E-state index contributed by atoms with van der Waals surface area (Å²) in [6, 6.07) is 0. The predicted molar refractivity (Wildman–Crippen MR) is 9.94 cm³/mol. The van der Waals surface area contributed by atoms with Crippen molar-refractivity contribution in [3.8, 4) is 0 Å². The van der Waals surface area contributed by atoms with Crippen LogP contribution in [0, 0.1) is 0 Å². The summed E-state index contributed by atoms with van der Waals surface area (Å²) in [5, 5.41) is 0. The minimum Gasteiger partial charge on any atom is 0 e. The molecule has 0 aromatic heterocycles. The molecule has 0 spiro atoms. The molecule has 0 aliphatic heterocycles. The van der Waals surface area contributed by atoms with Crippen molar-refractivity contribution in [2.75, 3.05) is 0 Å². The van der Waals surface area contributed by atoms with Gasteiger partial charge in [0.15, 0.2) is 0 Å². The van der Waals surface area contributed by atoms with Gasteiger partial charge >= 0.3 is 0 Å². The maximum absolute atomic E-state index is 0. The summed E-state index contributed by atoms with van der Waals surface area (Å²) in [6.07, 6.45) is 0. The summed E-state index contributed by atoms with van der Waals surface area (Å²) in [7, 11) is 0. The second-order valence-electron chi connectivity index (χ2n) is 0. The molecule has 0 unspecified atom stereocenters. The molecule has 0 rings (SSSR count). The van der Waals surface area contributed by atoms with Crippen molar-refractivity contribution in [2.24, 2.45) is 0 Å². The van der Waals surface area contributed by atoms with Crippen molar-refractivity contribution in [3.63, 3.8) is 0 Å². The van der Waals surface area contributed by atoms with Crippen molar-refractivity contribution in [1.82, 2.24) is 0 Å². The molecule has 0 heterocycles. The normalized spacial score (nSPS) is 0. The van der Waals surface area contributed by atoms with Gasteiger partial charge in [-0.3, -0.25) is 0 Å². The minimum atomic E-state index is 0. The van der Waals surface area contributed by atoms with Crippen LogP contribution in [0.3, 0.4) is 0 Å². The number of hydrogen-bond donors (Lipinski definition) is 0. The van der Waals surface area contributed by atoms with Gasteiger partial charge in [-0.05, 0) is 0 Å². The first-order valence-corrected chi connectivity index (χ1v) is 0. The van der Waals surface area contributed by atoms with Gasteiger partial charge < -0.3 is 0 Å². The SMILES string of the molecule is B.[Fe].[Ni].[W].[Zn]. The molecular weight excluding hydrogens is 375 g/mol. The molecule has 0 nitrogen and oxygen atoms in total. The van der Waals surface area contributed by atoms with Crippen molar-refractivity contribution >= 4 is 8.41 Å². The third kappa shape index (κ3) is 21.6. The summed E-state index contributed by atoms with van der Waals surface area (Å²) in [6.45, 7) is 0. The Labute approximate surface area is 81.6 Å². The summed E-state index contributed by atoms with van der Waals surface area (Å²) in [4.78, 5) is 0. The Balaban J connectivity index is 0. The fraction of sp³-hybridized carbons (Fsp3) is 0. The van der Waals surface area contributed by atoms with Crippen molar-refractivity contribution in [3.05, 3.63) is 0 Å². The van der Waals surface area contributed by atoms with Crippen LogP contribution >= 0.6 is 0 Å². The summed E-state index contributed by atoms with van der Waals surface area (Å²) < 4.78 is 0. The summed E-state index contributed by atoms with van der Waals surface area (Å²) in [5.41, 5.74) is 0. The zero-order valence-electron chi connectivity index (χ0n) is 1.79. The Morgan fingerprint density at radius 1 is 1.00 bits per heavy atom. The standard InChI is InChI=1S/BH3.Fe.Ni.W.Zn/h1H3;;;;. The fourth-order valence-corrected chi connectivity index (χ4v) is 0. The molecule has 0 radical (unpaired) electrons. The quantitative estimate of drug-likeness (QED) is 0.466. The Kier molecular flexibility index (Phi) is 343. The summed E-state index contributed by atoms with van der Waals surface area (Å²) >= 11 is 0. The molecule has 0 saturated carbocycles. The molecule has 0 aromatic rings. The van der Waals surface area contributed by atoms with Crippen LogP contribution < -0.4 is 0 Å². The van der Waals surface area contributed by atoms with Gasteiger partial charge in [-0.2, -0.15) is 0 Å². The van der Waals surface area contributed by atoms with E-state index < -0.39 is 0 Å². The van der Waals surface area contributed by atoms with E-state index in [1.165, 1.54) is 0 Å². The van der Waals surface area contributed by atoms with Crippen LogP contribution in [-0.2, 0) is 74.1 Å². The van der Waals surface area contributed by atoms with E-state index in [9.17, 15) is 0 Å². The molecular formula is H3BFeNiWZn. The van der Waals surface area contributed by atoms with Crippen LogP contribution in [0.5, 0.6) is 0 Å². The van der Waals surface area contributed by atoms with E-state index in [4.69, 9.17) is 0 Å². The Hall–Kier alpha value is 2.39. The largest absolute Gasteiger partial charge is 0.0814 e. The van der Waals surface area contributed by atoms with Gasteiger partial charge in [-0.25, -0.2) is 0 Å². The topological polar surface area (TPSA) is 0 Å². The van der Waals surface area contributed by atoms with Gasteiger partial charge in [0.1, 0.15) is 0 Å². The smallest absolute Gasteiger partial charge is 0 e. The van der Waals surface area contributed by atoms with Gasteiger partial charge in [0.05, 0.1) is 8.41 Å². The molecule has 0 atom stereocenters. The van der Waals surface area contributed by atoms with E-state index in [-0.39, 0.29) is 82.5 Å². The van der Waals surface area contributed by atoms with Crippen LogP contribution in [0.25, 0.3) is 0 Å². The third-order valence-corrected chi connectivity index (χ3v) is 0. The van der Waals surface area contributed by atoms with E-state index in [1.54, 1.807) is 0 Å². The molecule has 0 fully saturated rings. The van der Waals surface area contributed by atoms with Crippen molar-refractivity contribution in [2.45, 2.75) is 0 Å². The third-order valence-electron chi connectivity index (χ3n) is 0. The average Bonchev–Trinajstić information content (AvgIpc) is 0. The van der Waals surface area contributed by atoms with Crippen molar-refractivity contribution in [1.29, 1.82) is 0 Å². The van der Waals surface area contributed by atoms with E-state index in [2.05, 4.69) is 0 Å². The van der Waals surface area contributed by atoms with Gasteiger partial charge in [-0.1, -0.05) is 0 Å². The van der Waals surface area contributed by atoms with Gasteiger partial charge in [0, 0.05) is 74.1 Å². The average molecular weight is 378 g/mol. The second kappa shape index (κ2) is 32.5. The Morgan fingerprint density at radius 3 is 1.00 bits per heavy atom. The van der Waals surface area contributed by atoms with E-state index in [0.717, 1.165) is 0 Å². The van der Waals surface area contributed by atoms with E-state index in [1.807, 2.05) is 0 Å². The van der Waals surface area contributed by atoms with Crippen LogP contribution in [0.15, 0.2) is 0 Å². The maximum Gasteiger partial charge on any atom is 0.0814 e. The zero-order chi connectivity index (χ0) is 0. The molecule has 0 N–H and O–H groups in total. The van der Waals surface area contributed by atoms with Crippen molar-refractivity contribution < 1.29 is 74.1 Å². The van der Waals surface area contributed by atoms with Crippen LogP contribution in [0.2, 0.25) is 0 Å². The van der Waals surface area contributed by atoms with E-state index >= 15 is 0 Å². The molecule has 32 valence electrons. The molecule has 0 amide bonds. The van der Waals surface area contributed by atoms with Crippen LogP contribution in [0.4, 0.5) is 0 Å². The molecule has 0 aliphatic rings. The van der Waals surface area contributed by atoms with Crippen LogP contribution in [0.1, 0.15) is 0 Å². The number of hydrogen-bond acceptors (Lipinski definition) is 0. The van der Waals surface area contributed by atoms with Gasteiger partial charge in [-0.15, -0.1) is 0 Å². The fourth-order valence-electron chi connectivity index (χ4n) is 0.